The second kappa shape index (κ2) is 7.50. The van der Waals surface area contributed by atoms with Crippen LogP contribution in [-0.4, -0.2) is 42.4 Å². The van der Waals surface area contributed by atoms with Gasteiger partial charge in [0.25, 0.3) is 0 Å². The van der Waals surface area contributed by atoms with Gasteiger partial charge in [0, 0.05) is 6.54 Å². The molecule has 1 rings (SSSR count). The van der Waals surface area contributed by atoms with Gasteiger partial charge < -0.3 is 15.4 Å². The molecule has 1 heterocycles. The number of hydrogen-bond donors (Lipinski definition) is 1. The molecule has 0 bridgehead atoms. The first-order valence-electron chi connectivity index (χ1n) is 6.99. The minimum Gasteiger partial charge on any atom is -0.493 e. The van der Waals surface area contributed by atoms with Crippen molar-refractivity contribution in [1.82, 2.24) is 14.7 Å². The molecule has 0 fully saturated rings. The third-order valence-corrected chi connectivity index (χ3v) is 3.53. The fourth-order valence-electron chi connectivity index (χ4n) is 2.09. The molecule has 0 aliphatic carbocycles. The van der Waals surface area contributed by atoms with Crippen LogP contribution < -0.4 is 10.5 Å². The summed E-state index contributed by atoms with van der Waals surface area (Å²) in [6.07, 6.45) is 3.86. The van der Waals surface area contributed by atoms with Gasteiger partial charge >= 0.3 is 0 Å². The number of nitrogens with zero attached hydrogens (tertiary/aromatic N) is 3. The zero-order valence-corrected chi connectivity index (χ0v) is 12.9. The summed E-state index contributed by atoms with van der Waals surface area (Å²) in [5.41, 5.74) is 7.36. The van der Waals surface area contributed by atoms with E-state index in [4.69, 9.17) is 10.5 Å². The fraction of sp³-hybridized carbons (Fsp3) is 0.786. The monoisotopic (exact) mass is 268 g/mol. The molecule has 1 aromatic rings. The van der Waals surface area contributed by atoms with Gasteiger partial charge in [-0.25, -0.2) is 0 Å². The highest BCUT2D eigenvalue weighted by Crippen LogP contribution is 2.28. The second-order valence-corrected chi connectivity index (χ2v) is 5.48. The zero-order chi connectivity index (χ0) is 14.4. The van der Waals surface area contributed by atoms with Crippen LogP contribution in [0.1, 0.15) is 38.4 Å². The number of rotatable bonds is 8. The fourth-order valence-corrected chi connectivity index (χ4v) is 2.09. The number of ether oxygens (including phenoxy) is 1. The molecule has 0 aliphatic rings. The van der Waals surface area contributed by atoms with Crippen molar-refractivity contribution >= 4 is 0 Å². The van der Waals surface area contributed by atoms with E-state index in [0.29, 0.717) is 5.92 Å². The molecule has 2 atom stereocenters. The maximum atomic E-state index is 6.35. The Balaban J connectivity index is 2.85. The smallest absolute Gasteiger partial charge is 0.161 e. The van der Waals surface area contributed by atoms with Crippen LogP contribution in [0.15, 0.2) is 6.20 Å². The molecule has 0 aliphatic heterocycles. The maximum absolute atomic E-state index is 6.35. The lowest BCUT2D eigenvalue weighted by Crippen LogP contribution is -2.24. The Bertz CT molecular complexity index is 376. The maximum Gasteiger partial charge on any atom is 0.161 e. The molecule has 5 heteroatoms. The quantitative estimate of drug-likeness (QED) is 0.782. The summed E-state index contributed by atoms with van der Waals surface area (Å²) in [6, 6.07) is -0.0189. The van der Waals surface area contributed by atoms with Crippen molar-refractivity contribution < 1.29 is 4.74 Å². The van der Waals surface area contributed by atoms with Crippen LogP contribution in [0.3, 0.4) is 0 Å². The molecule has 5 nitrogen and oxygen atoms in total. The standard InChI is InChI=1S/C14H28N4O/c1-6-11(2)9-12(15)14-13(19-5)10-16-18(14)8-7-17(3)4/h10-12H,6-9,15H2,1-5H3. The lowest BCUT2D eigenvalue weighted by molar-refractivity contribution is 0.352. The van der Waals surface area contributed by atoms with Gasteiger partial charge in [0.1, 0.15) is 0 Å². The van der Waals surface area contributed by atoms with Crippen molar-refractivity contribution in [1.29, 1.82) is 0 Å². The Labute approximate surface area is 116 Å². The van der Waals surface area contributed by atoms with E-state index in [2.05, 4.69) is 37.9 Å². The topological polar surface area (TPSA) is 56.3 Å². The highest BCUT2D eigenvalue weighted by Gasteiger charge is 2.20. The van der Waals surface area contributed by atoms with Crippen LogP contribution in [0.2, 0.25) is 0 Å². The van der Waals surface area contributed by atoms with Crippen LogP contribution in [0, 0.1) is 5.92 Å². The molecule has 0 spiro atoms. The average Bonchev–Trinajstić information content (AvgIpc) is 2.78. The van der Waals surface area contributed by atoms with E-state index in [9.17, 15) is 0 Å². The number of nitrogens with two attached hydrogens (primary N) is 1. The van der Waals surface area contributed by atoms with Gasteiger partial charge in [0.15, 0.2) is 5.75 Å². The van der Waals surface area contributed by atoms with Crippen LogP contribution in [-0.2, 0) is 6.54 Å². The zero-order valence-electron chi connectivity index (χ0n) is 12.9. The summed E-state index contributed by atoms with van der Waals surface area (Å²) < 4.78 is 7.37. The van der Waals surface area contributed by atoms with Gasteiger partial charge in [0.2, 0.25) is 0 Å². The van der Waals surface area contributed by atoms with E-state index in [1.807, 2.05) is 4.68 Å². The molecule has 2 unspecified atom stereocenters. The molecule has 2 N–H and O–H groups in total. The predicted octanol–water partition coefficient (Wildman–Crippen LogP) is 1.89. The molecule has 0 aromatic carbocycles. The van der Waals surface area contributed by atoms with E-state index in [0.717, 1.165) is 37.4 Å². The van der Waals surface area contributed by atoms with Crippen LogP contribution in [0.25, 0.3) is 0 Å². The lowest BCUT2D eigenvalue weighted by atomic mass is 9.97. The number of methoxy groups -OCH3 is 1. The predicted molar refractivity (Wildman–Crippen MR) is 78.3 cm³/mol. The summed E-state index contributed by atoms with van der Waals surface area (Å²) in [6.45, 7) is 6.19. The highest BCUT2D eigenvalue weighted by atomic mass is 16.5. The average molecular weight is 268 g/mol. The molecule has 19 heavy (non-hydrogen) atoms. The molecule has 0 saturated heterocycles. The van der Waals surface area contributed by atoms with Crippen molar-refractivity contribution in [3.8, 4) is 5.75 Å². The first-order chi connectivity index (χ1) is 8.99. The minimum absolute atomic E-state index is 0.0189. The Kier molecular flexibility index (Phi) is 6.31. The summed E-state index contributed by atoms with van der Waals surface area (Å²) >= 11 is 0. The van der Waals surface area contributed by atoms with Crippen molar-refractivity contribution in [3.63, 3.8) is 0 Å². The first-order valence-corrected chi connectivity index (χ1v) is 6.99. The first kappa shape index (κ1) is 16.0. The molecule has 1 aromatic heterocycles. The van der Waals surface area contributed by atoms with E-state index in [1.54, 1.807) is 13.3 Å². The van der Waals surface area contributed by atoms with E-state index < -0.39 is 0 Å². The van der Waals surface area contributed by atoms with Gasteiger partial charge in [-0.3, -0.25) is 4.68 Å². The van der Waals surface area contributed by atoms with Gasteiger partial charge in [0.05, 0.1) is 31.6 Å². The van der Waals surface area contributed by atoms with E-state index >= 15 is 0 Å². The summed E-state index contributed by atoms with van der Waals surface area (Å²) in [4.78, 5) is 2.14. The molecule has 110 valence electrons. The molecular formula is C14H28N4O. The van der Waals surface area contributed by atoms with E-state index in [-0.39, 0.29) is 6.04 Å². The molecule has 0 radical (unpaired) electrons. The van der Waals surface area contributed by atoms with Crippen LogP contribution in [0.5, 0.6) is 5.75 Å². The Morgan fingerprint density at radius 2 is 2.16 bits per heavy atom. The van der Waals surface area contributed by atoms with Gasteiger partial charge in [-0.15, -0.1) is 0 Å². The van der Waals surface area contributed by atoms with Gasteiger partial charge in [-0.2, -0.15) is 5.10 Å². The Morgan fingerprint density at radius 1 is 1.47 bits per heavy atom. The van der Waals surface area contributed by atoms with Crippen LogP contribution in [0.4, 0.5) is 0 Å². The number of likely N-dealkylation sites (N-methyl/N-ethyl adjacent to an activating group) is 1. The SMILES string of the molecule is CCC(C)CC(N)c1c(OC)cnn1CCN(C)C. The van der Waals surface area contributed by atoms with Gasteiger partial charge in [-0.05, 0) is 26.4 Å². The summed E-state index contributed by atoms with van der Waals surface area (Å²) in [7, 11) is 5.78. The van der Waals surface area contributed by atoms with Crippen molar-refractivity contribution in [2.24, 2.45) is 11.7 Å². The lowest BCUT2D eigenvalue weighted by Gasteiger charge is -2.19. The second-order valence-electron chi connectivity index (χ2n) is 5.48. The number of aromatic nitrogens is 2. The third kappa shape index (κ3) is 4.51. The Hall–Kier alpha value is -1.07. The van der Waals surface area contributed by atoms with Crippen molar-refractivity contribution in [2.75, 3.05) is 27.7 Å². The minimum atomic E-state index is -0.0189. The van der Waals surface area contributed by atoms with Crippen LogP contribution >= 0.6 is 0 Å². The molecule has 0 amide bonds. The van der Waals surface area contributed by atoms with Crippen molar-refractivity contribution in [3.05, 3.63) is 11.9 Å². The largest absolute Gasteiger partial charge is 0.493 e. The Morgan fingerprint density at radius 3 is 2.68 bits per heavy atom. The normalized spacial score (nSPS) is 14.7. The van der Waals surface area contributed by atoms with E-state index in [1.165, 1.54) is 0 Å². The number of hydrogen-bond acceptors (Lipinski definition) is 4. The summed E-state index contributed by atoms with van der Waals surface area (Å²) in [5, 5.41) is 4.40. The van der Waals surface area contributed by atoms with Gasteiger partial charge in [-0.1, -0.05) is 20.3 Å². The third-order valence-electron chi connectivity index (χ3n) is 3.53. The molecule has 0 saturated carbocycles. The highest BCUT2D eigenvalue weighted by molar-refractivity contribution is 5.28. The summed E-state index contributed by atoms with van der Waals surface area (Å²) in [5.74, 6) is 1.41. The molecular weight excluding hydrogens is 240 g/mol. The van der Waals surface area contributed by atoms with Crippen molar-refractivity contribution in [2.45, 2.75) is 39.3 Å².